The molecular weight excluding hydrogens is 418 g/mol. The summed E-state index contributed by atoms with van der Waals surface area (Å²) in [5.41, 5.74) is 1.40. The number of morpholine rings is 1. The fourth-order valence-corrected chi connectivity index (χ4v) is 4.06. The molecule has 2 aliphatic heterocycles. The van der Waals surface area contributed by atoms with Gasteiger partial charge in [-0.2, -0.15) is 4.98 Å². The molecule has 2 aliphatic rings. The van der Waals surface area contributed by atoms with E-state index in [0.717, 1.165) is 81.4 Å². The molecule has 0 amide bonds. The number of anilines is 2. The fraction of sp³-hybridized carbons (Fsp3) is 0.524. The number of benzene rings is 1. The maximum Gasteiger partial charge on any atom is 0.227 e. The van der Waals surface area contributed by atoms with Crippen LogP contribution in [0.4, 0.5) is 11.8 Å². The molecule has 3 heterocycles. The molecule has 1 N–H and O–H groups in total. The predicted octanol–water partition coefficient (Wildman–Crippen LogP) is 3.19. The van der Waals surface area contributed by atoms with E-state index in [0.29, 0.717) is 6.04 Å². The molecule has 4 rings (SSSR count). The van der Waals surface area contributed by atoms with Gasteiger partial charge in [-0.25, -0.2) is 4.98 Å². The topological polar surface area (TPSA) is 53.5 Å². The number of nitrogens with zero attached hydrogens (tertiary/aromatic N) is 4. The molecule has 2 aromatic rings. The summed E-state index contributed by atoms with van der Waals surface area (Å²) in [6.07, 6.45) is 5.27. The lowest BCUT2D eigenvalue weighted by Crippen LogP contribution is -2.40. The average Bonchev–Trinajstić information content (AvgIpc) is 2.75. The molecule has 2 fully saturated rings. The molecule has 150 valence electrons. The summed E-state index contributed by atoms with van der Waals surface area (Å²) in [6.45, 7) is 6.62. The SMILES string of the molecule is Brc1ccc(CCN2CCC(Nc3ccnc(N4CCOCC4)n3)CC2)cc1. The molecule has 28 heavy (non-hydrogen) atoms. The van der Waals surface area contributed by atoms with Gasteiger partial charge < -0.3 is 19.9 Å². The van der Waals surface area contributed by atoms with Crippen LogP contribution in [0.1, 0.15) is 18.4 Å². The van der Waals surface area contributed by atoms with Crippen molar-refractivity contribution in [3.05, 3.63) is 46.6 Å². The molecule has 1 aromatic carbocycles. The Kier molecular flexibility index (Phi) is 6.77. The zero-order chi connectivity index (χ0) is 19.2. The first-order chi connectivity index (χ1) is 13.8. The van der Waals surface area contributed by atoms with Crippen LogP contribution in [0.2, 0.25) is 0 Å². The maximum atomic E-state index is 5.42. The summed E-state index contributed by atoms with van der Waals surface area (Å²) in [7, 11) is 0. The van der Waals surface area contributed by atoms with Crippen LogP contribution >= 0.6 is 15.9 Å². The molecule has 0 bridgehead atoms. The van der Waals surface area contributed by atoms with Crippen molar-refractivity contribution in [2.24, 2.45) is 0 Å². The molecule has 6 nitrogen and oxygen atoms in total. The summed E-state index contributed by atoms with van der Waals surface area (Å²) in [5.74, 6) is 1.74. The molecule has 0 saturated carbocycles. The molecule has 2 saturated heterocycles. The van der Waals surface area contributed by atoms with Gasteiger partial charge in [-0.1, -0.05) is 28.1 Å². The number of aromatic nitrogens is 2. The van der Waals surface area contributed by atoms with Gasteiger partial charge in [0.2, 0.25) is 5.95 Å². The van der Waals surface area contributed by atoms with Crippen molar-refractivity contribution in [3.8, 4) is 0 Å². The number of piperidine rings is 1. The molecule has 1 aromatic heterocycles. The highest BCUT2D eigenvalue weighted by Crippen LogP contribution is 2.18. The first kappa shape index (κ1) is 19.6. The second kappa shape index (κ2) is 9.67. The van der Waals surface area contributed by atoms with Gasteiger partial charge in [-0.15, -0.1) is 0 Å². The summed E-state index contributed by atoms with van der Waals surface area (Å²) in [6, 6.07) is 11.1. The van der Waals surface area contributed by atoms with Crippen LogP contribution in [0, 0.1) is 0 Å². The van der Waals surface area contributed by atoms with E-state index in [1.165, 1.54) is 5.56 Å². The minimum Gasteiger partial charge on any atom is -0.378 e. The number of hydrogen-bond donors (Lipinski definition) is 1. The third kappa shape index (κ3) is 5.43. The largest absolute Gasteiger partial charge is 0.378 e. The number of rotatable bonds is 6. The monoisotopic (exact) mass is 445 g/mol. The van der Waals surface area contributed by atoms with E-state index in [-0.39, 0.29) is 0 Å². The lowest BCUT2D eigenvalue weighted by Gasteiger charge is -2.33. The van der Waals surface area contributed by atoms with Gasteiger partial charge in [-0.05, 0) is 43.0 Å². The van der Waals surface area contributed by atoms with Crippen LogP contribution in [0.5, 0.6) is 0 Å². The molecular formula is C21H28BrN5O. The van der Waals surface area contributed by atoms with Gasteiger partial charge in [0.15, 0.2) is 0 Å². The third-order valence-electron chi connectivity index (χ3n) is 5.51. The van der Waals surface area contributed by atoms with E-state index in [2.05, 4.69) is 60.3 Å². The number of hydrogen-bond acceptors (Lipinski definition) is 6. The van der Waals surface area contributed by atoms with Crippen LogP contribution in [0.3, 0.4) is 0 Å². The van der Waals surface area contributed by atoms with Crippen molar-refractivity contribution in [1.29, 1.82) is 0 Å². The Balaban J connectivity index is 1.23. The Bertz CT molecular complexity index is 743. The van der Waals surface area contributed by atoms with Gasteiger partial charge in [0.05, 0.1) is 13.2 Å². The van der Waals surface area contributed by atoms with Gasteiger partial charge in [0, 0.05) is 49.4 Å². The lowest BCUT2D eigenvalue weighted by molar-refractivity contribution is 0.122. The molecule has 0 unspecified atom stereocenters. The van der Waals surface area contributed by atoms with E-state index >= 15 is 0 Å². The minimum absolute atomic E-state index is 0.483. The van der Waals surface area contributed by atoms with Gasteiger partial charge in [-0.3, -0.25) is 0 Å². The van der Waals surface area contributed by atoms with Crippen LogP contribution in [-0.2, 0) is 11.2 Å². The number of halogens is 1. The fourth-order valence-electron chi connectivity index (χ4n) is 3.79. The first-order valence-corrected chi connectivity index (χ1v) is 10.9. The molecule has 7 heteroatoms. The van der Waals surface area contributed by atoms with Gasteiger partial charge >= 0.3 is 0 Å². The van der Waals surface area contributed by atoms with Crippen LogP contribution < -0.4 is 10.2 Å². The zero-order valence-electron chi connectivity index (χ0n) is 16.2. The Morgan fingerprint density at radius 3 is 2.54 bits per heavy atom. The van der Waals surface area contributed by atoms with Crippen molar-refractivity contribution >= 4 is 27.7 Å². The summed E-state index contributed by atoms with van der Waals surface area (Å²) < 4.78 is 6.56. The Morgan fingerprint density at radius 2 is 1.79 bits per heavy atom. The second-order valence-corrected chi connectivity index (χ2v) is 8.39. The zero-order valence-corrected chi connectivity index (χ0v) is 17.8. The van der Waals surface area contributed by atoms with Crippen molar-refractivity contribution in [3.63, 3.8) is 0 Å². The molecule has 0 atom stereocenters. The number of ether oxygens (including phenoxy) is 1. The molecule has 0 radical (unpaired) electrons. The van der Waals surface area contributed by atoms with Crippen molar-refractivity contribution in [2.45, 2.75) is 25.3 Å². The van der Waals surface area contributed by atoms with Gasteiger partial charge in [0.25, 0.3) is 0 Å². The van der Waals surface area contributed by atoms with E-state index in [1.807, 2.05) is 12.3 Å². The third-order valence-corrected chi connectivity index (χ3v) is 6.04. The maximum absolute atomic E-state index is 5.42. The summed E-state index contributed by atoms with van der Waals surface area (Å²) in [4.78, 5) is 13.9. The molecule has 0 aliphatic carbocycles. The highest BCUT2D eigenvalue weighted by Gasteiger charge is 2.20. The Morgan fingerprint density at radius 1 is 1.04 bits per heavy atom. The van der Waals surface area contributed by atoms with Gasteiger partial charge in [0.1, 0.15) is 5.82 Å². The Labute approximate surface area is 175 Å². The van der Waals surface area contributed by atoms with Crippen molar-refractivity contribution in [1.82, 2.24) is 14.9 Å². The summed E-state index contributed by atoms with van der Waals surface area (Å²) >= 11 is 3.50. The van der Waals surface area contributed by atoms with Crippen LogP contribution in [0.25, 0.3) is 0 Å². The number of likely N-dealkylation sites (tertiary alicyclic amines) is 1. The molecule has 0 spiro atoms. The number of nitrogens with one attached hydrogen (secondary N) is 1. The van der Waals surface area contributed by atoms with Crippen molar-refractivity contribution in [2.75, 3.05) is 56.2 Å². The summed E-state index contributed by atoms with van der Waals surface area (Å²) in [5, 5.41) is 3.62. The first-order valence-electron chi connectivity index (χ1n) is 10.2. The highest BCUT2D eigenvalue weighted by atomic mass is 79.9. The van der Waals surface area contributed by atoms with E-state index in [4.69, 9.17) is 9.72 Å². The van der Waals surface area contributed by atoms with Crippen LogP contribution in [0.15, 0.2) is 41.0 Å². The Hall–Kier alpha value is -1.70. The van der Waals surface area contributed by atoms with Crippen LogP contribution in [-0.4, -0.2) is 66.8 Å². The average molecular weight is 446 g/mol. The standard InChI is InChI=1S/C21H28BrN5O/c22-18-3-1-17(2-4-18)6-10-26-11-7-19(8-12-26)24-20-5-9-23-21(25-20)27-13-15-28-16-14-27/h1-5,9,19H,6-8,10-16H2,(H,23,24,25). The lowest BCUT2D eigenvalue weighted by atomic mass is 10.0. The highest BCUT2D eigenvalue weighted by molar-refractivity contribution is 9.10. The quantitative estimate of drug-likeness (QED) is 0.736. The normalized spacial score (nSPS) is 19.0. The second-order valence-electron chi connectivity index (χ2n) is 7.48. The van der Waals surface area contributed by atoms with Crippen molar-refractivity contribution < 1.29 is 4.74 Å². The minimum atomic E-state index is 0.483. The van der Waals surface area contributed by atoms with E-state index < -0.39 is 0 Å². The van der Waals surface area contributed by atoms with E-state index in [1.54, 1.807) is 0 Å². The van der Waals surface area contributed by atoms with E-state index in [9.17, 15) is 0 Å². The smallest absolute Gasteiger partial charge is 0.227 e. The predicted molar refractivity (Wildman–Crippen MR) is 116 cm³/mol.